The predicted octanol–water partition coefficient (Wildman–Crippen LogP) is 1.34. The lowest BCUT2D eigenvalue weighted by Crippen LogP contribution is -2.29. The third-order valence-electron chi connectivity index (χ3n) is 4.70. The Balaban J connectivity index is 1.48. The van der Waals surface area contributed by atoms with Crippen molar-refractivity contribution in [2.45, 2.75) is 12.5 Å². The van der Waals surface area contributed by atoms with Crippen molar-refractivity contribution in [3.63, 3.8) is 0 Å². The molecule has 1 aromatic carbocycles. The molecule has 0 aliphatic carbocycles. The first-order valence-electron chi connectivity index (χ1n) is 8.53. The fourth-order valence-corrected chi connectivity index (χ4v) is 3.32. The van der Waals surface area contributed by atoms with Crippen molar-refractivity contribution in [1.29, 1.82) is 0 Å². The summed E-state index contributed by atoms with van der Waals surface area (Å²) in [6.07, 6.45) is 5.04. The first-order valence-corrected chi connectivity index (χ1v) is 8.53. The van der Waals surface area contributed by atoms with Crippen LogP contribution < -0.4 is 0 Å². The number of likely N-dealkylation sites (tertiary alicyclic amines) is 1. The van der Waals surface area contributed by atoms with Crippen LogP contribution in [0, 0.1) is 5.92 Å². The van der Waals surface area contributed by atoms with E-state index in [1.54, 1.807) is 34.4 Å². The van der Waals surface area contributed by atoms with Crippen molar-refractivity contribution in [3.05, 3.63) is 72.6 Å². The Labute approximate surface area is 150 Å². The molecule has 0 bridgehead atoms. The fourth-order valence-electron chi connectivity index (χ4n) is 3.32. The number of aromatic nitrogens is 4. The SMILES string of the molecule is O=C(c1cccc(-n2cnnc2)c1)N1C[C@@H](Cc2ccccn2)[C@H](O)C1. The molecule has 7 nitrogen and oxygen atoms in total. The number of pyridine rings is 1. The number of nitrogens with zero attached hydrogens (tertiary/aromatic N) is 5. The Kier molecular flexibility index (Phi) is 4.45. The molecule has 3 heterocycles. The average molecular weight is 349 g/mol. The Morgan fingerprint density at radius 3 is 2.73 bits per heavy atom. The first kappa shape index (κ1) is 16.4. The van der Waals surface area contributed by atoms with Crippen molar-refractivity contribution in [1.82, 2.24) is 24.6 Å². The summed E-state index contributed by atoms with van der Waals surface area (Å²) in [6, 6.07) is 13.1. The van der Waals surface area contributed by atoms with E-state index in [1.165, 1.54) is 0 Å². The van der Waals surface area contributed by atoms with Gasteiger partial charge in [-0.25, -0.2) is 0 Å². The highest BCUT2D eigenvalue weighted by Crippen LogP contribution is 2.23. The molecule has 26 heavy (non-hydrogen) atoms. The van der Waals surface area contributed by atoms with E-state index < -0.39 is 6.10 Å². The minimum atomic E-state index is -0.540. The maximum absolute atomic E-state index is 12.9. The summed E-state index contributed by atoms with van der Waals surface area (Å²) in [4.78, 5) is 18.9. The Morgan fingerprint density at radius 2 is 1.96 bits per heavy atom. The number of carbonyl (C=O) groups excluding carboxylic acids is 1. The van der Waals surface area contributed by atoms with Crippen LogP contribution in [0.15, 0.2) is 61.3 Å². The van der Waals surface area contributed by atoms with Gasteiger partial charge in [-0.3, -0.25) is 14.3 Å². The quantitative estimate of drug-likeness (QED) is 0.768. The van der Waals surface area contributed by atoms with E-state index >= 15 is 0 Å². The molecule has 1 fully saturated rings. The van der Waals surface area contributed by atoms with Crippen LogP contribution in [0.2, 0.25) is 0 Å². The molecule has 3 aromatic rings. The molecule has 1 aliphatic rings. The standard InChI is InChI=1S/C19H19N5O2/c25-18-11-23(10-15(18)8-16-5-1-2-7-20-16)19(26)14-4-3-6-17(9-14)24-12-21-22-13-24/h1-7,9,12-13,15,18,25H,8,10-11H2/t15-,18-/m1/s1. The Hall–Kier alpha value is -3.06. The van der Waals surface area contributed by atoms with Gasteiger partial charge in [0.1, 0.15) is 12.7 Å². The number of rotatable bonds is 4. The van der Waals surface area contributed by atoms with Gasteiger partial charge in [0.15, 0.2) is 0 Å². The van der Waals surface area contributed by atoms with Crippen LogP contribution in [0.1, 0.15) is 16.1 Å². The first-order chi connectivity index (χ1) is 12.7. The molecule has 0 spiro atoms. The minimum Gasteiger partial charge on any atom is -0.391 e. The van der Waals surface area contributed by atoms with E-state index in [1.807, 2.05) is 36.4 Å². The van der Waals surface area contributed by atoms with E-state index in [9.17, 15) is 9.90 Å². The summed E-state index contributed by atoms with van der Waals surface area (Å²) in [5.74, 6) is -0.0858. The average Bonchev–Trinajstić information content (AvgIpc) is 3.33. The van der Waals surface area contributed by atoms with E-state index in [4.69, 9.17) is 0 Å². The molecule has 0 radical (unpaired) electrons. The van der Waals surface area contributed by atoms with Crippen molar-refractivity contribution < 1.29 is 9.90 Å². The molecule has 4 rings (SSSR count). The van der Waals surface area contributed by atoms with Crippen molar-refractivity contribution in [3.8, 4) is 5.69 Å². The number of aliphatic hydroxyl groups is 1. The second-order valence-corrected chi connectivity index (χ2v) is 6.48. The van der Waals surface area contributed by atoms with Crippen molar-refractivity contribution in [2.75, 3.05) is 13.1 Å². The van der Waals surface area contributed by atoms with Gasteiger partial charge < -0.3 is 10.0 Å². The lowest BCUT2D eigenvalue weighted by Gasteiger charge is -2.16. The molecule has 0 saturated carbocycles. The summed E-state index contributed by atoms with van der Waals surface area (Å²) in [6.45, 7) is 0.862. The van der Waals surface area contributed by atoms with Gasteiger partial charge in [0.25, 0.3) is 5.91 Å². The van der Waals surface area contributed by atoms with Gasteiger partial charge >= 0.3 is 0 Å². The maximum atomic E-state index is 12.9. The topological polar surface area (TPSA) is 84.1 Å². The molecular formula is C19H19N5O2. The Morgan fingerprint density at radius 1 is 1.12 bits per heavy atom. The second kappa shape index (κ2) is 7.05. The van der Waals surface area contributed by atoms with Gasteiger partial charge in [0, 0.05) is 42.1 Å². The van der Waals surface area contributed by atoms with Crippen LogP contribution >= 0.6 is 0 Å². The van der Waals surface area contributed by atoms with E-state index in [-0.39, 0.29) is 11.8 Å². The molecule has 2 aromatic heterocycles. The minimum absolute atomic E-state index is 0.00474. The van der Waals surface area contributed by atoms with Gasteiger partial charge in [-0.2, -0.15) is 0 Å². The van der Waals surface area contributed by atoms with Gasteiger partial charge in [-0.1, -0.05) is 12.1 Å². The van der Waals surface area contributed by atoms with E-state index in [0.29, 0.717) is 25.1 Å². The molecular weight excluding hydrogens is 330 g/mol. The van der Waals surface area contributed by atoms with Crippen molar-refractivity contribution in [2.24, 2.45) is 5.92 Å². The predicted molar refractivity (Wildman–Crippen MR) is 94.7 cm³/mol. The molecule has 7 heteroatoms. The molecule has 1 N–H and O–H groups in total. The van der Waals surface area contributed by atoms with E-state index in [0.717, 1.165) is 11.4 Å². The van der Waals surface area contributed by atoms with Crippen LogP contribution in [0.5, 0.6) is 0 Å². The van der Waals surface area contributed by atoms with Gasteiger partial charge in [0.05, 0.1) is 6.10 Å². The van der Waals surface area contributed by atoms with Gasteiger partial charge in [-0.15, -0.1) is 10.2 Å². The zero-order chi connectivity index (χ0) is 17.9. The van der Waals surface area contributed by atoms with Gasteiger partial charge in [-0.05, 0) is 36.8 Å². The normalized spacial score (nSPS) is 19.7. The van der Waals surface area contributed by atoms with Crippen molar-refractivity contribution >= 4 is 5.91 Å². The summed E-state index contributed by atoms with van der Waals surface area (Å²) in [7, 11) is 0. The monoisotopic (exact) mass is 349 g/mol. The largest absolute Gasteiger partial charge is 0.391 e. The van der Waals surface area contributed by atoms with Crippen LogP contribution in [0.4, 0.5) is 0 Å². The molecule has 2 atom stereocenters. The summed E-state index contributed by atoms with van der Waals surface area (Å²) >= 11 is 0. The summed E-state index contributed by atoms with van der Waals surface area (Å²) < 4.78 is 1.75. The third-order valence-corrected chi connectivity index (χ3v) is 4.70. The number of benzene rings is 1. The summed E-state index contributed by atoms with van der Waals surface area (Å²) in [5.41, 5.74) is 2.34. The fraction of sp³-hybridized carbons (Fsp3) is 0.263. The van der Waals surface area contributed by atoms with Crippen LogP contribution in [-0.4, -0.2) is 54.9 Å². The molecule has 1 aliphatic heterocycles. The lowest BCUT2D eigenvalue weighted by atomic mass is 10.00. The smallest absolute Gasteiger partial charge is 0.254 e. The highest BCUT2D eigenvalue weighted by Gasteiger charge is 2.34. The molecule has 0 unspecified atom stereocenters. The highest BCUT2D eigenvalue weighted by molar-refractivity contribution is 5.95. The van der Waals surface area contributed by atoms with E-state index in [2.05, 4.69) is 15.2 Å². The number of carbonyl (C=O) groups is 1. The molecule has 132 valence electrons. The van der Waals surface area contributed by atoms with Crippen LogP contribution in [0.3, 0.4) is 0 Å². The lowest BCUT2D eigenvalue weighted by molar-refractivity contribution is 0.0764. The van der Waals surface area contributed by atoms with Crippen LogP contribution in [-0.2, 0) is 6.42 Å². The Bertz CT molecular complexity index is 882. The maximum Gasteiger partial charge on any atom is 0.254 e. The number of hydrogen-bond donors (Lipinski definition) is 1. The number of β-amino-alcohol motifs (C(OH)–C–C–N with tert-alkyl or cyclic N) is 1. The number of aliphatic hydroxyl groups excluding tert-OH is 1. The molecule has 1 amide bonds. The number of hydrogen-bond acceptors (Lipinski definition) is 5. The number of amides is 1. The van der Waals surface area contributed by atoms with Crippen LogP contribution in [0.25, 0.3) is 5.69 Å². The second-order valence-electron chi connectivity index (χ2n) is 6.48. The zero-order valence-corrected chi connectivity index (χ0v) is 14.1. The third kappa shape index (κ3) is 3.34. The van der Waals surface area contributed by atoms with Gasteiger partial charge in [0.2, 0.25) is 0 Å². The zero-order valence-electron chi connectivity index (χ0n) is 14.1. The highest BCUT2D eigenvalue weighted by atomic mass is 16.3. The molecule has 1 saturated heterocycles. The summed E-state index contributed by atoms with van der Waals surface area (Å²) in [5, 5.41) is 18.0.